The number of esters is 1. The average molecular weight is 284 g/mol. The van der Waals surface area contributed by atoms with Gasteiger partial charge in [0.15, 0.2) is 0 Å². The molecule has 2 N–H and O–H groups in total. The zero-order valence-electron chi connectivity index (χ0n) is 10.6. The number of methoxy groups -OCH3 is 1. The molecule has 1 aliphatic rings. The molecule has 1 heterocycles. The van der Waals surface area contributed by atoms with Crippen molar-refractivity contribution in [3.05, 3.63) is 35.4 Å². The third-order valence-corrected chi connectivity index (χ3v) is 4.78. The van der Waals surface area contributed by atoms with E-state index >= 15 is 0 Å². The first-order chi connectivity index (χ1) is 8.92. The fourth-order valence-electron chi connectivity index (χ4n) is 1.85. The average Bonchev–Trinajstić information content (AvgIpc) is 2.34. The van der Waals surface area contributed by atoms with Crippen molar-refractivity contribution in [3.63, 3.8) is 0 Å². The van der Waals surface area contributed by atoms with Crippen LogP contribution in [0.15, 0.2) is 24.3 Å². The normalized spacial score (nSPS) is 16.9. The van der Waals surface area contributed by atoms with Crippen molar-refractivity contribution in [3.8, 4) is 0 Å². The van der Waals surface area contributed by atoms with Crippen LogP contribution in [0.3, 0.4) is 0 Å². The van der Waals surface area contributed by atoms with Gasteiger partial charge in [-0.25, -0.2) is 13.2 Å². The van der Waals surface area contributed by atoms with Crippen LogP contribution in [-0.2, 0) is 20.5 Å². The van der Waals surface area contributed by atoms with Crippen LogP contribution in [0, 0.1) is 0 Å². The summed E-state index contributed by atoms with van der Waals surface area (Å²) in [7, 11) is -2.01. The number of benzene rings is 1. The van der Waals surface area contributed by atoms with Crippen LogP contribution in [0.5, 0.6) is 0 Å². The lowest BCUT2D eigenvalue weighted by molar-refractivity contribution is 0.0600. The molecule has 0 bridgehead atoms. The maximum absolute atomic E-state index is 12.0. The summed E-state index contributed by atoms with van der Waals surface area (Å²) >= 11 is 0. The van der Waals surface area contributed by atoms with Gasteiger partial charge >= 0.3 is 5.97 Å². The first-order valence-electron chi connectivity index (χ1n) is 5.83. The zero-order chi connectivity index (χ0) is 14.0. The fourth-order valence-corrected chi connectivity index (χ4v) is 3.49. The van der Waals surface area contributed by atoms with Crippen LogP contribution in [0.1, 0.15) is 15.9 Å². The predicted octanol–water partition coefficient (Wildman–Crippen LogP) is -0.0541. The monoisotopic (exact) mass is 284 g/mol. The van der Waals surface area contributed by atoms with Crippen LogP contribution in [0.2, 0.25) is 0 Å². The lowest BCUT2D eigenvalue weighted by Gasteiger charge is -2.35. The van der Waals surface area contributed by atoms with Crippen molar-refractivity contribution >= 4 is 16.0 Å². The molecule has 6 nitrogen and oxygen atoms in total. The summed E-state index contributed by atoms with van der Waals surface area (Å²) in [5.74, 6) is -0.524. The molecule has 0 aliphatic carbocycles. The zero-order valence-corrected chi connectivity index (χ0v) is 11.4. The number of nitrogens with zero attached hydrogens (tertiary/aromatic N) is 1. The second-order valence-corrected chi connectivity index (χ2v) is 6.49. The number of nitrogens with two attached hydrogens (primary N) is 1. The van der Waals surface area contributed by atoms with E-state index in [4.69, 9.17) is 5.73 Å². The first-order valence-corrected chi connectivity index (χ1v) is 7.44. The molecule has 1 aliphatic heterocycles. The van der Waals surface area contributed by atoms with E-state index in [1.165, 1.54) is 11.4 Å². The van der Waals surface area contributed by atoms with Gasteiger partial charge in [-0.3, -0.25) is 0 Å². The van der Waals surface area contributed by atoms with Gasteiger partial charge in [-0.15, -0.1) is 0 Å². The van der Waals surface area contributed by atoms with Crippen molar-refractivity contribution in [2.24, 2.45) is 5.73 Å². The van der Waals surface area contributed by atoms with Gasteiger partial charge in [0.2, 0.25) is 10.0 Å². The number of carbonyl (C=O) groups excluding carboxylic acids is 1. The van der Waals surface area contributed by atoms with Crippen LogP contribution in [0.25, 0.3) is 0 Å². The molecule has 0 unspecified atom stereocenters. The van der Waals surface area contributed by atoms with Crippen LogP contribution >= 0.6 is 0 Å². The Bertz CT molecular complexity index is 562. The molecule has 0 saturated carbocycles. The summed E-state index contributed by atoms with van der Waals surface area (Å²) in [5, 5.41) is 0. The standard InChI is InChI=1S/C12H16N2O4S/c1-18-12(15)10-4-2-9(3-5-10)8-19(16,17)14-6-11(13)7-14/h2-5,11H,6-8,13H2,1H3. The van der Waals surface area contributed by atoms with Crippen LogP contribution < -0.4 is 5.73 Å². The SMILES string of the molecule is COC(=O)c1ccc(CS(=O)(=O)N2CC(N)C2)cc1. The van der Waals surface area contributed by atoms with Gasteiger partial charge in [-0.2, -0.15) is 4.31 Å². The molecule has 0 radical (unpaired) electrons. The summed E-state index contributed by atoms with van der Waals surface area (Å²) in [6.07, 6.45) is 0. The first kappa shape index (κ1) is 14.0. The number of carbonyl (C=O) groups is 1. The van der Waals surface area contributed by atoms with E-state index in [9.17, 15) is 13.2 Å². The fraction of sp³-hybridized carbons (Fsp3) is 0.417. The molecule has 0 atom stereocenters. The third kappa shape index (κ3) is 3.12. The van der Waals surface area contributed by atoms with Crippen LogP contribution in [0.4, 0.5) is 0 Å². The molecular formula is C12H16N2O4S. The minimum Gasteiger partial charge on any atom is -0.465 e. The molecule has 19 heavy (non-hydrogen) atoms. The van der Waals surface area contributed by atoms with E-state index in [-0.39, 0.29) is 11.8 Å². The summed E-state index contributed by atoms with van der Waals surface area (Å²) in [4.78, 5) is 11.2. The molecule has 2 rings (SSSR count). The quantitative estimate of drug-likeness (QED) is 0.783. The maximum Gasteiger partial charge on any atom is 0.337 e. The number of rotatable bonds is 4. The van der Waals surface area contributed by atoms with Crippen molar-refractivity contribution < 1.29 is 17.9 Å². The Kier molecular flexibility index (Phi) is 3.88. The number of sulfonamides is 1. The second-order valence-electron chi connectivity index (χ2n) is 4.52. The Morgan fingerprint density at radius 3 is 2.42 bits per heavy atom. The Morgan fingerprint density at radius 1 is 1.37 bits per heavy atom. The summed E-state index contributed by atoms with van der Waals surface area (Å²) in [5.41, 5.74) is 6.60. The van der Waals surface area contributed by atoms with E-state index in [2.05, 4.69) is 4.74 Å². The summed E-state index contributed by atoms with van der Waals surface area (Å²) in [6, 6.07) is 6.28. The van der Waals surface area contributed by atoms with E-state index in [0.29, 0.717) is 24.2 Å². The van der Waals surface area contributed by atoms with Gasteiger partial charge in [0.05, 0.1) is 18.4 Å². The summed E-state index contributed by atoms with van der Waals surface area (Å²) in [6.45, 7) is 0.755. The molecule has 0 spiro atoms. The number of hydrogen-bond donors (Lipinski definition) is 1. The smallest absolute Gasteiger partial charge is 0.337 e. The minimum absolute atomic E-state index is 0.0588. The summed E-state index contributed by atoms with van der Waals surface area (Å²) < 4.78 is 29.9. The molecule has 1 saturated heterocycles. The third-order valence-electron chi connectivity index (χ3n) is 2.99. The lowest BCUT2D eigenvalue weighted by atomic mass is 10.1. The maximum atomic E-state index is 12.0. The van der Waals surface area contributed by atoms with Crippen LogP contribution in [-0.4, -0.2) is 44.9 Å². The predicted molar refractivity (Wildman–Crippen MR) is 70.0 cm³/mol. The van der Waals surface area contributed by atoms with Gasteiger partial charge in [-0.05, 0) is 17.7 Å². The molecule has 104 valence electrons. The van der Waals surface area contributed by atoms with Gasteiger partial charge in [0.25, 0.3) is 0 Å². The molecular weight excluding hydrogens is 268 g/mol. The number of hydrogen-bond acceptors (Lipinski definition) is 5. The second kappa shape index (κ2) is 5.28. The largest absolute Gasteiger partial charge is 0.465 e. The Labute approximate surface area is 112 Å². The Hall–Kier alpha value is -1.44. The Balaban J connectivity index is 2.05. The molecule has 0 amide bonds. The van der Waals surface area contributed by atoms with E-state index in [0.717, 1.165) is 0 Å². The molecule has 7 heteroatoms. The molecule has 0 aromatic heterocycles. The highest BCUT2D eigenvalue weighted by Crippen LogP contribution is 2.17. The van der Waals surface area contributed by atoms with E-state index < -0.39 is 16.0 Å². The molecule has 1 fully saturated rings. The molecule has 1 aromatic rings. The van der Waals surface area contributed by atoms with Gasteiger partial charge in [0, 0.05) is 19.1 Å². The van der Waals surface area contributed by atoms with Gasteiger partial charge in [0.1, 0.15) is 0 Å². The highest BCUT2D eigenvalue weighted by molar-refractivity contribution is 7.88. The van der Waals surface area contributed by atoms with Gasteiger partial charge in [-0.1, -0.05) is 12.1 Å². The van der Waals surface area contributed by atoms with E-state index in [1.54, 1.807) is 24.3 Å². The van der Waals surface area contributed by atoms with E-state index in [1.807, 2.05) is 0 Å². The van der Waals surface area contributed by atoms with Crippen molar-refractivity contribution in [2.45, 2.75) is 11.8 Å². The van der Waals surface area contributed by atoms with Crippen molar-refractivity contribution in [1.82, 2.24) is 4.31 Å². The highest BCUT2D eigenvalue weighted by Gasteiger charge is 2.33. The lowest BCUT2D eigenvalue weighted by Crippen LogP contribution is -2.57. The Morgan fingerprint density at radius 2 is 1.95 bits per heavy atom. The number of ether oxygens (including phenoxy) is 1. The molecule has 1 aromatic carbocycles. The topological polar surface area (TPSA) is 89.7 Å². The minimum atomic E-state index is -3.31. The highest BCUT2D eigenvalue weighted by atomic mass is 32.2. The van der Waals surface area contributed by atoms with Gasteiger partial charge < -0.3 is 10.5 Å². The van der Waals surface area contributed by atoms with Crippen molar-refractivity contribution in [1.29, 1.82) is 0 Å². The van der Waals surface area contributed by atoms with Crippen molar-refractivity contribution in [2.75, 3.05) is 20.2 Å².